The van der Waals surface area contributed by atoms with Gasteiger partial charge in [0.05, 0.1) is 5.69 Å². The lowest BCUT2D eigenvalue weighted by molar-refractivity contribution is 0.432. The Hall–Kier alpha value is -2.33. The maximum atomic E-state index is 9.94. The van der Waals surface area contributed by atoms with Crippen LogP contribution in [0.15, 0.2) is 54.7 Å². The van der Waals surface area contributed by atoms with E-state index in [1.807, 2.05) is 24.3 Å². The second-order valence-electron chi connectivity index (χ2n) is 3.99. The zero-order valence-electron chi connectivity index (χ0n) is 9.86. The van der Waals surface area contributed by atoms with Gasteiger partial charge in [-0.1, -0.05) is 29.8 Å². The van der Waals surface area contributed by atoms with E-state index in [-0.39, 0.29) is 5.88 Å². The summed E-state index contributed by atoms with van der Waals surface area (Å²) in [7, 11) is 0. The summed E-state index contributed by atoms with van der Waals surface area (Å²) in [6.07, 6.45) is 1.65. The fourth-order valence-corrected chi connectivity index (χ4v) is 1.91. The number of aromatic hydroxyl groups is 1. The largest absolute Gasteiger partial charge is 0.493 e. The van der Waals surface area contributed by atoms with Gasteiger partial charge >= 0.3 is 0 Å². The van der Waals surface area contributed by atoms with Crippen molar-refractivity contribution in [2.45, 2.75) is 0 Å². The molecule has 3 aromatic rings. The Bertz CT molecular complexity index is 692. The molecule has 19 heavy (non-hydrogen) atoms. The summed E-state index contributed by atoms with van der Waals surface area (Å²) in [5, 5.41) is 14.9. The minimum Gasteiger partial charge on any atom is -0.493 e. The van der Waals surface area contributed by atoms with Crippen LogP contribution in [0, 0.1) is 0 Å². The highest BCUT2D eigenvalue weighted by Gasteiger charge is 2.10. The van der Waals surface area contributed by atoms with Crippen LogP contribution in [0.3, 0.4) is 0 Å². The normalized spacial score (nSPS) is 10.6. The first-order valence-electron chi connectivity index (χ1n) is 5.70. The monoisotopic (exact) mass is 271 g/mol. The Morgan fingerprint density at radius 3 is 2.53 bits per heavy atom. The zero-order valence-corrected chi connectivity index (χ0v) is 10.6. The Balaban J connectivity index is 2.04. The van der Waals surface area contributed by atoms with Crippen LogP contribution in [0.4, 0.5) is 0 Å². The number of hydrogen-bond donors (Lipinski definition) is 1. The van der Waals surface area contributed by atoms with Crippen molar-refractivity contribution in [3.8, 4) is 23.0 Å². The van der Waals surface area contributed by atoms with E-state index in [1.54, 1.807) is 30.5 Å². The van der Waals surface area contributed by atoms with Crippen molar-refractivity contribution in [2.75, 3.05) is 0 Å². The Morgan fingerprint density at radius 2 is 1.84 bits per heavy atom. The summed E-state index contributed by atoms with van der Waals surface area (Å²) < 4.78 is 1.39. The number of nitrogens with zero attached hydrogens (tertiary/aromatic N) is 3. The fourth-order valence-electron chi connectivity index (χ4n) is 1.78. The third kappa shape index (κ3) is 2.30. The molecule has 0 saturated heterocycles. The molecule has 2 aromatic heterocycles. The zero-order chi connectivity index (χ0) is 13.2. The van der Waals surface area contributed by atoms with Crippen molar-refractivity contribution in [3.63, 3.8) is 0 Å². The lowest BCUT2D eigenvalue weighted by Crippen LogP contribution is -1.98. The van der Waals surface area contributed by atoms with E-state index in [2.05, 4.69) is 10.1 Å². The van der Waals surface area contributed by atoms with E-state index >= 15 is 0 Å². The Labute approximate surface area is 114 Å². The summed E-state index contributed by atoms with van der Waals surface area (Å²) in [6, 6.07) is 14.3. The van der Waals surface area contributed by atoms with E-state index in [4.69, 9.17) is 11.6 Å². The lowest BCUT2D eigenvalue weighted by Gasteiger charge is -2.00. The topological polar surface area (TPSA) is 50.9 Å². The SMILES string of the molecule is Oc1cc(-c2ccc(Cl)cc2)nn1-c1ccccn1. The van der Waals surface area contributed by atoms with E-state index < -0.39 is 0 Å². The van der Waals surface area contributed by atoms with E-state index in [0.29, 0.717) is 16.5 Å². The van der Waals surface area contributed by atoms with Crippen molar-refractivity contribution in [2.24, 2.45) is 0 Å². The van der Waals surface area contributed by atoms with Crippen molar-refractivity contribution in [3.05, 3.63) is 59.8 Å². The third-order valence-corrected chi connectivity index (χ3v) is 2.95. The van der Waals surface area contributed by atoms with Gasteiger partial charge in [0.2, 0.25) is 5.88 Å². The summed E-state index contributed by atoms with van der Waals surface area (Å²) in [6.45, 7) is 0. The summed E-state index contributed by atoms with van der Waals surface area (Å²) in [4.78, 5) is 4.15. The first kappa shape index (κ1) is 11.7. The summed E-state index contributed by atoms with van der Waals surface area (Å²) in [5.41, 5.74) is 1.55. The average Bonchev–Trinajstić information content (AvgIpc) is 2.83. The maximum Gasteiger partial charge on any atom is 0.216 e. The molecule has 0 amide bonds. The molecule has 5 heteroatoms. The van der Waals surface area contributed by atoms with Crippen LogP contribution in [0.5, 0.6) is 5.88 Å². The number of aromatic nitrogens is 3. The minimum absolute atomic E-state index is 0.0450. The molecule has 1 aromatic carbocycles. The molecule has 3 rings (SSSR count). The first-order chi connectivity index (χ1) is 9.24. The van der Waals surface area contributed by atoms with Crippen molar-refractivity contribution >= 4 is 11.6 Å². The van der Waals surface area contributed by atoms with Gasteiger partial charge in [0.15, 0.2) is 5.82 Å². The molecule has 0 aliphatic carbocycles. The summed E-state index contributed by atoms with van der Waals surface area (Å²) in [5.74, 6) is 0.615. The van der Waals surface area contributed by atoms with Gasteiger partial charge in [-0.25, -0.2) is 4.98 Å². The molecule has 0 radical (unpaired) electrons. The number of halogens is 1. The molecule has 0 bridgehead atoms. The maximum absolute atomic E-state index is 9.94. The molecular weight excluding hydrogens is 262 g/mol. The van der Waals surface area contributed by atoms with Crippen LogP contribution in [0.1, 0.15) is 0 Å². The number of rotatable bonds is 2. The van der Waals surface area contributed by atoms with Crippen LogP contribution in [-0.4, -0.2) is 19.9 Å². The molecule has 0 spiro atoms. The van der Waals surface area contributed by atoms with E-state index in [9.17, 15) is 5.11 Å². The molecular formula is C14H10ClN3O. The number of pyridine rings is 1. The highest BCUT2D eigenvalue weighted by Crippen LogP contribution is 2.25. The highest BCUT2D eigenvalue weighted by molar-refractivity contribution is 6.30. The van der Waals surface area contributed by atoms with Crippen LogP contribution < -0.4 is 0 Å². The first-order valence-corrected chi connectivity index (χ1v) is 6.08. The molecule has 0 unspecified atom stereocenters. The second kappa shape index (κ2) is 4.74. The Morgan fingerprint density at radius 1 is 1.05 bits per heavy atom. The molecule has 0 aliphatic rings. The second-order valence-corrected chi connectivity index (χ2v) is 4.43. The van der Waals surface area contributed by atoms with E-state index in [1.165, 1.54) is 4.68 Å². The highest BCUT2D eigenvalue weighted by atomic mass is 35.5. The molecule has 0 fully saturated rings. The van der Waals surface area contributed by atoms with Crippen molar-refractivity contribution in [1.29, 1.82) is 0 Å². The minimum atomic E-state index is 0.0450. The fraction of sp³-hybridized carbons (Fsp3) is 0. The van der Waals surface area contributed by atoms with Crippen LogP contribution in [-0.2, 0) is 0 Å². The molecule has 0 atom stereocenters. The lowest BCUT2D eigenvalue weighted by atomic mass is 10.2. The molecule has 94 valence electrons. The average molecular weight is 272 g/mol. The predicted octanol–water partition coefficient (Wildman–Crippen LogP) is 3.29. The van der Waals surface area contributed by atoms with Gasteiger partial charge in [0.1, 0.15) is 0 Å². The van der Waals surface area contributed by atoms with Crippen LogP contribution in [0.2, 0.25) is 5.02 Å². The van der Waals surface area contributed by atoms with Gasteiger partial charge in [-0.15, -0.1) is 0 Å². The van der Waals surface area contributed by atoms with Gasteiger partial charge in [0, 0.05) is 22.8 Å². The Kier molecular flexibility index (Phi) is 2.93. The van der Waals surface area contributed by atoms with Gasteiger partial charge in [-0.3, -0.25) is 0 Å². The number of benzene rings is 1. The van der Waals surface area contributed by atoms with E-state index in [0.717, 1.165) is 5.56 Å². The van der Waals surface area contributed by atoms with Crippen molar-refractivity contribution in [1.82, 2.24) is 14.8 Å². The van der Waals surface area contributed by atoms with Gasteiger partial charge < -0.3 is 5.11 Å². The van der Waals surface area contributed by atoms with Gasteiger partial charge in [-0.2, -0.15) is 9.78 Å². The van der Waals surface area contributed by atoms with Crippen molar-refractivity contribution < 1.29 is 5.11 Å². The smallest absolute Gasteiger partial charge is 0.216 e. The van der Waals surface area contributed by atoms with Crippen LogP contribution in [0.25, 0.3) is 17.1 Å². The molecule has 2 heterocycles. The molecule has 4 nitrogen and oxygen atoms in total. The standard InChI is InChI=1S/C14H10ClN3O/c15-11-6-4-10(5-7-11)12-9-14(19)18(17-12)13-3-1-2-8-16-13/h1-9,19H. The molecule has 0 aliphatic heterocycles. The quantitative estimate of drug-likeness (QED) is 0.778. The van der Waals surface area contributed by atoms with Gasteiger partial charge in [-0.05, 0) is 24.3 Å². The number of hydrogen-bond acceptors (Lipinski definition) is 3. The third-order valence-electron chi connectivity index (χ3n) is 2.70. The van der Waals surface area contributed by atoms with Crippen LogP contribution >= 0.6 is 11.6 Å². The van der Waals surface area contributed by atoms with Gasteiger partial charge in [0.25, 0.3) is 0 Å². The molecule has 0 saturated carbocycles. The summed E-state index contributed by atoms with van der Waals surface area (Å²) >= 11 is 5.85. The molecule has 1 N–H and O–H groups in total. The predicted molar refractivity (Wildman–Crippen MR) is 73.5 cm³/mol.